The van der Waals surface area contributed by atoms with Gasteiger partial charge in [0, 0.05) is 8.95 Å². The fourth-order valence-corrected chi connectivity index (χ4v) is 3.53. The zero-order valence-corrected chi connectivity index (χ0v) is 14.8. The first kappa shape index (κ1) is 15.7. The van der Waals surface area contributed by atoms with Crippen LogP contribution in [0.2, 0.25) is 0 Å². The van der Waals surface area contributed by atoms with Crippen molar-refractivity contribution in [2.75, 3.05) is 0 Å². The highest BCUT2D eigenvalue weighted by Crippen LogP contribution is 2.29. The summed E-state index contributed by atoms with van der Waals surface area (Å²) in [6, 6.07) is 12.8. The second-order valence-electron chi connectivity index (χ2n) is 5.01. The summed E-state index contributed by atoms with van der Waals surface area (Å²) in [7, 11) is 0. The quantitative estimate of drug-likeness (QED) is 0.585. The minimum absolute atomic E-state index is 0.0829. The van der Waals surface area contributed by atoms with E-state index in [4.69, 9.17) is 5.84 Å². The smallest absolute Gasteiger partial charge is 0.0511 e. The lowest BCUT2D eigenvalue weighted by molar-refractivity contribution is 0.550. The third-order valence-corrected chi connectivity index (χ3v) is 4.73. The minimum atomic E-state index is 0.0829. The van der Waals surface area contributed by atoms with Crippen LogP contribution in [0.3, 0.4) is 0 Å². The average Bonchev–Trinajstić information content (AvgIpc) is 2.41. The summed E-state index contributed by atoms with van der Waals surface area (Å²) in [5.74, 6) is 5.74. The Morgan fingerprint density at radius 2 is 1.80 bits per heavy atom. The predicted octanol–water partition coefficient (Wildman–Crippen LogP) is 4.58. The highest BCUT2D eigenvalue weighted by Gasteiger charge is 2.14. The standard InChI is InChI=1S/C16H18Br2N2/c1-10-3-4-12(7-11(10)2)8-16(20-19)14-6-5-13(17)9-15(14)18/h3-7,9,16,20H,8,19H2,1-2H3. The van der Waals surface area contributed by atoms with Crippen LogP contribution in [-0.4, -0.2) is 0 Å². The second-order valence-corrected chi connectivity index (χ2v) is 6.78. The molecule has 0 bridgehead atoms. The lowest BCUT2D eigenvalue weighted by Gasteiger charge is -2.19. The Morgan fingerprint density at radius 1 is 1.05 bits per heavy atom. The summed E-state index contributed by atoms with van der Waals surface area (Å²) in [5, 5.41) is 0. The van der Waals surface area contributed by atoms with Crippen molar-refractivity contribution in [1.29, 1.82) is 0 Å². The summed E-state index contributed by atoms with van der Waals surface area (Å²) < 4.78 is 2.11. The molecule has 1 atom stereocenters. The SMILES string of the molecule is Cc1ccc(CC(NN)c2ccc(Br)cc2Br)cc1C. The molecule has 0 spiro atoms. The van der Waals surface area contributed by atoms with Gasteiger partial charge in [-0.1, -0.05) is 56.1 Å². The summed E-state index contributed by atoms with van der Waals surface area (Å²) >= 11 is 7.07. The molecule has 2 rings (SSSR count). The van der Waals surface area contributed by atoms with Gasteiger partial charge >= 0.3 is 0 Å². The summed E-state index contributed by atoms with van der Waals surface area (Å²) in [6.07, 6.45) is 0.859. The van der Waals surface area contributed by atoms with E-state index in [2.05, 4.69) is 75.4 Å². The molecule has 4 heteroatoms. The molecule has 0 radical (unpaired) electrons. The van der Waals surface area contributed by atoms with Crippen LogP contribution in [-0.2, 0) is 6.42 Å². The highest BCUT2D eigenvalue weighted by atomic mass is 79.9. The third kappa shape index (κ3) is 3.70. The average molecular weight is 398 g/mol. The van der Waals surface area contributed by atoms with E-state index in [0.717, 1.165) is 20.9 Å². The normalized spacial score (nSPS) is 12.4. The number of hydrogen-bond acceptors (Lipinski definition) is 2. The van der Waals surface area contributed by atoms with Crippen LogP contribution in [0, 0.1) is 13.8 Å². The number of rotatable bonds is 4. The molecule has 2 aromatic rings. The van der Waals surface area contributed by atoms with Crippen LogP contribution in [0.4, 0.5) is 0 Å². The molecule has 0 aliphatic carbocycles. The molecule has 0 amide bonds. The van der Waals surface area contributed by atoms with Crippen molar-refractivity contribution in [3.05, 3.63) is 67.6 Å². The van der Waals surface area contributed by atoms with Crippen molar-refractivity contribution in [3.63, 3.8) is 0 Å². The Balaban J connectivity index is 2.26. The Bertz CT molecular complexity index is 611. The van der Waals surface area contributed by atoms with Crippen LogP contribution in [0.15, 0.2) is 45.3 Å². The van der Waals surface area contributed by atoms with Gasteiger partial charge in [0.1, 0.15) is 0 Å². The van der Waals surface area contributed by atoms with E-state index in [0.29, 0.717) is 0 Å². The number of nitrogens with two attached hydrogens (primary N) is 1. The van der Waals surface area contributed by atoms with Gasteiger partial charge in [-0.2, -0.15) is 0 Å². The van der Waals surface area contributed by atoms with Gasteiger partial charge in [-0.25, -0.2) is 0 Å². The van der Waals surface area contributed by atoms with Gasteiger partial charge in [-0.15, -0.1) is 0 Å². The van der Waals surface area contributed by atoms with Gasteiger partial charge in [0.2, 0.25) is 0 Å². The summed E-state index contributed by atoms with van der Waals surface area (Å²) in [4.78, 5) is 0. The van der Waals surface area contributed by atoms with E-state index in [1.807, 2.05) is 12.1 Å². The first-order chi connectivity index (χ1) is 9.51. The Labute approximate surface area is 137 Å². The maximum Gasteiger partial charge on any atom is 0.0511 e. The first-order valence-corrected chi connectivity index (χ1v) is 8.07. The van der Waals surface area contributed by atoms with Crippen LogP contribution in [0.5, 0.6) is 0 Å². The molecule has 3 N–H and O–H groups in total. The van der Waals surface area contributed by atoms with Gasteiger partial charge in [-0.3, -0.25) is 11.3 Å². The molecular weight excluding hydrogens is 380 g/mol. The summed E-state index contributed by atoms with van der Waals surface area (Å²) in [5.41, 5.74) is 7.99. The Morgan fingerprint density at radius 3 is 2.40 bits per heavy atom. The minimum Gasteiger partial charge on any atom is -0.271 e. The first-order valence-electron chi connectivity index (χ1n) is 6.48. The van der Waals surface area contributed by atoms with Crippen molar-refractivity contribution in [2.45, 2.75) is 26.3 Å². The molecule has 2 aromatic carbocycles. The van der Waals surface area contributed by atoms with Crippen molar-refractivity contribution < 1.29 is 0 Å². The monoisotopic (exact) mass is 396 g/mol. The van der Waals surface area contributed by atoms with Crippen LogP contribution >= 0.6 is 31.9 Å². The van der Waals surface area contributed by atoms with Gasteiger partial charge in [0.25, 0.3) is 0 Å². The van der Waals surface area contributed by atoms with Crippen molar-refractivity contribution in [1.82, 2.24) is 5.43 Å². The molecule has 106 valence electrons. The maximum absolute atomic E-state index is 5.74. The van der Waals surface area contributed by atoms with Gasteiger partial charge in [-0.05, 0) is 54.7 Å². The fourth-order valence-electron chi connectivity index (χ4n) is 2.21. The van der Waals surface area contributed by atoms with E-state index in [9.17, 15) is 0 Å². The molecule has 0 aliphatic rings. The van der Waals surface area contributed by atoms with Crippen molar-refractivity contribution in [3.8, 4) is 0 Å². The highest BCUT2D eigenvalue weighted by molar-refractivity contribution is 9.11. The van der Waals surface area contributed by atoms with Crippen LogP contribution < -0.4 is 11.3 Å². The molecule has 20 heavy (non-hydrogen) atoms. The van der Waals surface area contributed by atoms with Gasteiger partial charge in [0.15, 0.2) is 0 Å². The van der Waals surface area contributed by atoms with E-state index in [1.165, 1.54) is 16.7 Å². The van der Waals surface area contributed by atoms with Crippen LogP contribution in [0.1, 0.15) is 28.3 Å². The second kappa shape index (κ2) is 6.85. The molecule has 0 heterocycles. The fraction of sp³-hybridized carbons (Fsp3) is 0.250. The zero-order chi connectivity index (χ0) is 14.7. The van der Waals surface area contributed by atoms with E-state index < -0.39 is 0 Å². The molecule has 0 aromatic heterocycles. The Hall–Kier alpha value is -0.680. The van der Waals surface area contributed by atoms with Crippen LogP contribution in [0.25, 0.3) is 0 Å². The lowest BCUT2D eigenvalue weighted by Crippen LogP contribution is -2.29. The third-order valence-electron chi connectivity index (χ3n) is 3.55. The molecule has 0 aliphatic heterocycles. The molecule has 1 unspecified atom stereocenters. The van der Waals surface area contributed by atoms with E-state index >= 15 is 0 Å². The lowest BCUT2D eigenvalue weighted by atomic mass is 9.97. The predicted molar refractivity (Wildman–Crippen MR) is 91.5 cm³/mol. The summed E-state index contributed by atoms with van der Waals surface area (Å²) in [6.45, 7) is 4.27. The number of nitrogens with one attached hydrogen (secondary N) is 1. The van der Waals surface area contributed by atoms with Gasteiger partial charge < -0.3 is 0 Å². The number of hydrazine groups is 1. The number of aryl methyl sites for hydroxylation is 2. The van der Waals surface area contributed by atoms with E-state index in [1.54, 1.807) is 0 Å². The Kier molecular flexibility index (Phi) is 5.38. The topological polar surface area (TPSA) is 38.0 Å². The molecule has 0 saturated carbocycles. The van der Waals surface area contributed by atoms with E-state index in [-0.39, 0.29) is 6.04 Å². The maximum atomic E-state index is 5.74. The number of hydrogen-bond donors (Lipinski definition) is 2. The number of benzene rings is 2. The molecule has 0 saturated heterocycles. The molecular formula is C16H18Br2N2. The number of halogens is 2. The molecule has 0 fully saturated rings. The zero-order valence-electron chi connectivity index (χ0n) is 11.6. The van der Waals surface area contributed by atoms with Gasteiger partial charge in [0.05, 0.1) is 6.04 Å². The largest absolute Gasteiger partial charge is 0.271 e. The van der Waals surface area contributed by atoms with Crippen molar-refractivity contribution >= 4 is 31.9 Å². The molecule has 2 nitrogen and oxygen atoms in total. The van der Waals surface area contributed by atoms with Crippen molar-refractivity contribution in [2.24, 2.45) is 5.84 Å².